The first-order chi connectivity index (χ1) is 18.2. The van der Waals surface area contributed by atoms with Crippen LogP contribution in [0.5, 0.6) is 0 Å². The van der Waals surface area contributed by atoms with E-state index in [-0.39, 0.29) is 46.6 Å². The van der Waals surface area contributed by atoms with Gasteiger partial charge in [-0.3, -0.25) is 9.59 Å². The molecule has 5 aliphatic rings. The Morgan fingerprint density at radius 3 is 2.97 bits per heavy atom. The number of aliphatic hydroxyl groups is 1. The quantitative estimate of drug-likeness (QED) is 0.578. The van der Waals surface area contributed by atoms with Crippen molar-refractivity contribution in [2.45, 2.75) is 69.4 Å². The summed E-state index contributed by atoms with van der Waals surface area (Å²) >= 11 is 1.26. The molecular weight excluding hydrogens is 502 g/mol. The first-order valence-corrected chi connectivity index (χ1v) is 14.4. The lowest BCUT2D eigenvalue weighted by Crippen LogP contribution is -2.62. The Morgan fingerprint density at radius 1 is 1.32 bits per heavy atom. The zero-order valence-electron chi connectivity index (χ0n) is 21.7. The van der Waals surface area contributed by atoms with Crippen molar-refractivity contribution >= 4 is 40.5 Å². The Bertz CT molecular complexity index is 1430. The Balaban J connectivity index is 1.22. The van der Waals surface area contributed by atoms with Gasteiger partial charge in [-0.1, -0.05) is 37.3 Å². The van der Waals surface area contributed by atoms with Crippen LogP contribution in [0, 0.1) is 28.6 Å². The van der Waals surface area contributed by atoms with Crippen molar-refractivity contribution in [3.05, 3.63) is 42.1 Å². The second-order valence-corrected chi connectivity index (χ2v) is 12.9. The molecule has 0 saturated heterocycles. The van der Waals surface area contributed by atoms with Crippen molar-refractivity contribution in [2.75, 3.05) is 5.75 Å². The summed E-state index contributed by atoms with van der Waals surface area (Å²) in [6, 6.07) is 3.59. The number of carbonyl (C=O) groups excluding carboxylic acids is 2. The number of ether oxygens (including phenoxy) is 1. The van der Waals surface area contributed by atoms with Crippen LogP contribution in [0.15, 0.2) is 56.8 Å². The lowest BCUT2D eigenvalue weighted by atomic mass is 9.46. The number of fused-ring (bicyclic) bond motifs is 8. The van der Waals surface area contributed by atoms with Crippen LogP contribution in [0.25, 0.3) is 11.2 Å². The average Bonchev–Trinajstić information content (AvgIpc) is 3.51. The van der Waals surface area contributed by atoms with Crippen LogP contribution in [0.1, 0.15) is 46.5 Å². The van der Waals surface area contributed by atoms with Crippen LogP contribution in [0.2, 0.25) is 0 Å². The number of rotatable bonds is 4. The van der Waals surface area contributed by atoms with E-state index in [0.717, 1.165) is 24.8 Å². The number of thioether (sulfide) groups is 1. The van der Waals surface area contributed by atoms with Crippen molar-refractivity contribution in [3.63, 3.8) is 0 Å². The summed E-state index contributed by atoms with van der Waals surface area (Å²) < 4.78 is 12.0. The maximum Gasteiger partial charge on any atom is 0.258 e. The van der Waals surface area contributed by atoms with Crippen LogP contribution in [-0.4, -0.2) is 56.0 Å². The van der Waals surface area contributed by atoms with Crippen molar-refractivity contribution < 1.29 is 23.8 Å². The van der Waals surface area contributed by atoms with Gasteiger partial charge in [-0.2, -0.15) is 4.98 Å². The largest absolute Gasteiger partial charge is 0.475 e. The molecule has 6 unspecified atom stereocenters. The third kappa shape index (κ3) is 3.11. The van der Waals surface area contributed by atoms with Gasteiger partial charge in [-0.25, -0.2) is 9.98 Å². The van der Waals surface area contributed by atoms with E-state index >= 15 is 0 Å². The second-order valence-electron chi connectivity index (χ2n) is 12.0. The first kappa shape index (κ1) is 24.3. The molecule has 198 valence electrons. The van der Waals surface area contributed by atoms with E-state index in [1.807, 2.05) is 13.0 Å². The predicted molar refractivity (Wildman–Crippen MR) is 142 cm³/mol. The Kier molecular flexibility index (Phi) is 5.18. The number of pyridine rings is 1. The third-order valence-electron chi connectivity index (χ3n) is 10.2. The second kappa shape index (κ2) is 8.11. The molecule has 1 N–H and O–H groups in total. The number of allylic oxidation sites excluding steroid dienone is 4. The fourth-order valence-corrected chi connectivity index (χ4v) is 9.51. The van der Waals surface area contributed by atoms with E-state index in [4.69, 9.17) is 14.1 Å². The average molecular weight is 534 g/mol. The molecule has 0 radical (unpaired) electrons. The monoisotopic (exact) mass is 533 g/mol. The van der Waals surface area contributed by atoms with Crippen LogP contribution < -0.4 is 0 Å². The molecule has 0 amide bonds. The van der Waals surface area contributed by atoms with E-state index in [1.165, 1.54) is 11.8 Å². The lowest BCUT2D eigenvalue weighted by molar-refractivity contribution is -0.141. The molecule has 8 nitrogen and oxygen atoms in total. The number of nitrogens with zero attached hydrogens (tertiary/aromatic N) is 3. The Labute approximate surface area is 225 Å². The summed E-state index contributed by atoms with van der Waals surface area (Å²) in [7, 11) is 0. The minimum atomic E-state index is -1.06. The molecule has 3 fully saturated rings. The highest BCUT2D eigenvalue weighted by Crippen LogP contribution is 2.69. The van der Waals surface area contributed by atoms with E-state index < -0.39 is 17.1 Å². The highest BCUT2D eigenvalue weighted by atomic mass is 32.2. The van der Waals surface area contributed by atoms with Crippen molar-refractivity contribution in [1.29, 1.82) is 0 Å². The van der Waals surface area contributed by atoms with Gasteiger partial charge in [0.15, 0.2) is 34.2 Å². The van der Waals surface area contributed by atoms with Crippen LogP contribution in [0.3, 0.4) is 0 Å². The highest BCUT2D eigenvalue weighted by Gasteiger charge is 2.74. The number of hydrogen-bond acceptors (Lipinski definition) is 9. The van der Waals surface area contributed by atoms with Gasteiger partial charge in [0.25, 0.3) is 5.22 Å². The van der Waals surface area contributed by atoms with Crippen molar-refractivity contribution in [2.24, 2.45) is 33.6 Å². The minimum Gasteiger partial charge on any atom is -0.475 e. The molecule has 3 heterocycles. The normalized spacial score (nSPS) is 41.1. The summed E-state index contributed by atoms with van der Waals surface area (Å²) in [5.41, 5.74) is 0.255. The van der Waals surface area contributed by atoms with Gasteiger partial charge in [0.05, 0.1) is 11.9 Å². The summed E-state index contributed by atoms with van der Waals surface area (Å²) in [6.45, 7) is 6.12. The minimum absolute atomic E-state index is 0.0115. The molecule has 2 aromatic rings. The maximum atomic E-state index is 14.2. The topological polar surface area (TPSA) is 115 Å². The summed E-state index contributed by atoms with van der Waals surface area (Å²) in [5.74, 6) is 1.05. The molecule has 1 aliphatic heterocycles. The number of aliphatic hydroxyl groups excluding tert-OH is 1. The van der Waals surface area contributed by atoms with E-state index in [0.29, 0.717) is 28.8 Å². The molecule has 0 bridgehead atoms. The number of oxazole rings is 1. The van der Waals surface area contributed by atoms with Crippen molar-refractivity contribution in [3.8, 4) is 0 Å². The van der Waals surface area contributed by atoms with Gasteiger partial charge in [0, 0.05) is 29.9 Å². The molecule has 8 atom stereocenters. The molecular formula is C29H31N3O5S. The van der Waals surface area contributed by atoms with Gasteiger partial charge < -0.3 is 14.3 Å². The van der Waals surface area contributed by atoms with Gasteiger partial charge in [0.1, 0.15) is 6.10 Å². The molecule has 0 spiro atoms. The first-order valence-electron chi connectivity index (χ1n) is 13.4. The summed E-state index contributed by atoms with van der Waals surface area (Å²) in [5, 5.41) is 12.2. The van der Waals surface area contributed by atoms with E-state index in [2.05, 4.69) is 23.8 Å². The smallest absolute Gasteiger partial charge is 0.258 e. The van der Waals surface area contributed by atoms with Gasteiger partial charge in [-0.05, 0) is 61.8 Å². The Hall–Kier alpha value is -2.78. The van der Waals surface area contributed by atoms with Gasteiger partial charge in [0.2, 0.25) is 0 Å². The van der Waals surface area contributed by atoms with Crippen LogP contribution in [0.4, 0.5) is 0 Å². The summed E-state index contributed by atoms with van der Waals surface area (Å²) in [4.78, 5) is 39.9. The maximum absolute atomic E-state index is 14.2. The fourth-order valence-electron chi connectivity index (χ4n) is 8.74. The number of Topliss-reactive ketones (excluding diaryl/α,β-unsaturated/α-hetero) is 1. The third-order valence-corrected chi connectivity index (χ3v) is 11.1. The van der Waals surface area contributed by atoms with Crippen LogP contribution >= 0.6 is 11.8 Å². The lowest BCUT2D eigenvalue weighted by Gasteiger charge is -2.59. The molecule has 2 aromatic heterocycles. The van der Waals surface area contributed by atoms with Crippen molar-refractivity contribution in [1.82, 2.24) is 9.97 Å². The fraction of sp³-hybridized carbons (Fsp3) is 0.552. The SMILES string of the molecule is CC1=N[C@]2(C(=O)CSc3nc4ncccc4o3)[C@@H](CC3C4CCC5=CC(=O)C=CC5(C)C4C(O)CC32C)O1. The number of aliphatic imine (C=N–C) groups is 1. The molecule has 9 heteroatoms. The summed E-state index contributed by atoms with van der Waals surface area (Å²) in [6.07, 6.45) is 9.01. The molecule has 7 rings (SSSR count). The van der Waals surface area contributed by atoms with Crippen LogP contribution in [-0.2, 0) is 14.3 Å². The van der Waals surface area contributed by atoms with Gasteiger partial charge in [-0.15, -0.1) is 0 Å². The molecule has 38 heavy (non-hydrogen) atoms. The number of carbonyl (C=O) groups is 2. The zero-order valence-corrected chi connectivity index (χ0v) is 22.5. The van der Waals surface area contributed by atoms with E-state index in [9.17, 15) is 14.7 Å². The molecule has 0 aromatic carbocycles. The molecule has 4 aliphatic carbocycles. The van der Waals surface area contributed by atoms with E-state index in [1.54, 1.807) is 30.5 Å². The zero-order chi connectivity index (χ0) is 26.4. The number of aromatic nitrogens is 2. The number of hydrogen-bond donors (Lipinski definition) is 1. The predicted octanol–water partition coefficient (Wildman–Crippen LogP) is 4.33. The van der Waals surface area contributed by atoms with Gasteiger partial charge >= 0.3 is 0 Å². The Morgan fingerprint density at radius 2 is 2.16 bits per heavy atom. The standard InChI is InChI=1S/C29H31N3O5S/c1-15-32-29(22(35)14-38-26-31-25-21(37-26)5-4-10-30-25)23(36-15)12-19-18-7-6-16-11-17(33)8-9-27(16,2)24(18)20(34)13-28(19,29)3/h4-5,8-11,18-20,23-24,34H,6-7,12-14H2,1-3H3/t18?,19?,20?,23-,24?,27?,28?,29-/m1/s1. The highest BCUT2D eigenvalue weighted by molar-refractivity contribution is 7.99. The number of ketones is 2. The molecule has 3 saturated carbocycles.